The van der Waals surface area contributed by atoms with Crippen molar-refractivity contribution in [2.24, 2.45) is 0 Å². The van der Waals surface area contributed by atoms with Crippen LogP contribution in [0.3, 0.4) is 0 Å². The molecule has 0 bridgehead atoms. The Hall–Kier alpha value is -5.53. The largest absolute Gasteiger partial charge is 0.256 e. The van der Waals surface area contributed by atoms with Crippen LogP contribution < -0.4 is 0 Å². The molecule has 0 aliphatic rings. The van der Waals surface area contributed by atoms with Gasteiger partial charge in [-0.2, -0.15) is 0 Å². The van der Waals surface area contributed by atoms with E-state index in [0.717, 1.165) is 49.8 Å². The summed E-state index contributed by atoms with van der Waals surface area (Å²) in [6.45, 7) is 0. The number of hydrogen-bond donors (Lipinski definition) is 0. The molecule has 0 unspecified atom stereocenters. The summed E-state index contributed by atoms with van der Waals surface area (Å²) in [4.78, 5) is 4.97. The molecule has 0 aliphatic carbocycles. The highest BCUT2D eigenvalue weighted by Crippen LogP contribution is 2.31. The summed E-state index contributed by atoms with van der Waals surface area (Å²) in [7, 11) is 0. The molecule has 0 spiro atoms. The van der Waals surface area contributed by atoms with E-state index in [1.54, 1.807) is 0 Å². The molecule has 0 saturated carbocycles. The molecular weight excluding hydrogens is 579 g/mol. The van der Waals surface area contributed by atoms with Crippen LogP contribution in [0.25, 0.3) is 33.5 Å². The van der Waals surface area contributed by atoms with Crippen LogP contribution in [0.4, 0.5) is 0 Å². The summed E-state index contributed by atoms with van der Waals surface area (Å²) in [5, 5.41) is 0. The lowest BCUT2D eigenvalue weighted by Crippen LogP contribution is -2.01. The Morgan fingerprint density at radius 2 is 0.708 bits per heavy atom. The van der Waals surface area contributed by atoms with Crippen molar-refractivity contribution < 1.29 is 0 Å². The first-order valence-corrected chi connectivity index (χ1v) is 17.2. The van der Waals surface area contributed by atoms with Crippen molar-refractivity contribution in [2.75, 3.05) is 0 Å². The third-order valence-electron chi connectivity index (χ3n) is 9.24. The smallest absolute Gasteiger partial charge is 0.0708 e. The number of aryl methyl sites for hydroxylation is 6. The number of pyridine rings is 1. The molecule has 0 atom stereocenters. The van der Waals surface area contributed by atoms with Gasteiger partial charge in [0.2, 0.25) is 0 Å². The molecule has 0 N–H and O–H groups in total. The first kappa shape index (κ1) is 31.1. The molecular formula is C47H41N. The highest BCUT2D eigenvalue weighted by molar-refractivity contribution is 5.75. The monoisotopic (exact) mass is 619 g/mol. The second kappa shape index (κ2) is 15.4. The van der Waals surface area contributed by atoms with Crippen molar-refractivity contribution in [3.8, 4) is 33.5 Å². The van der Waals surface area contributed by atoms with Crippen LogP contribution in [-0.4, -0.2) is 4.98 Å². The molecule has 0 saturated heterocycles. The molecule has 234 valence electrons. The Bertz CT molecular complexity index is 1970. The van der Waals surface area contributed by atoms with Gasteiger partial charge in [0.1, 0.15) is 0 Å². The fraction of sp³-hybridized carbons (Fsp3) is 0.128. The molecule has 7 aromatic rings. The number of aromatic nitrogens is 1. The van der Waals surface area contributed by atoms with E-state index in [1.165, 1.54) is 55.6 Å². The maximum absolute atomic E-state index is 4.97. The first-order chi connectivity index (χ1) is 23.8. The minimum atomic E-state index is 0.929. The fourth-order valence-electron chi connectivity index (χ4n) is 6.61. The zero-order valence-electron chi connectivity index (χ0n) is 27.4. The number of nitrogens with zero attached hydrogens (tertiary/aromatic N) is 1. The van der Waals surface area contributed by atoms with E-state index in [9.17, 15) is 0 Å². The predicted octanol–water partition coefficient (Wildman–Crippen LogP) is 11.4. The summed E-state index contributed by atoms with van der Waals surface area (Å²) in [5.41, 5.74) is 15.4. The van der Waals surface area contributed by atoms with E-state index in [1.807, 2.05) is 0 Å². The summed E-state index contributed by atoms with van der Waals surface area (Å²) in [6, 6.07) is 61.4. The number of benzene rings is 6. The van der Waals surface area contributed by atoms with E-state index < -0.39 is 0 Å². The first-order valence-electron chi connectivity index (χ1n) is 17.2. The van der Waals surface area contributed by atoms with Crippen molar-refractivity contribution in [3.63, 3.8) is 0 Å². The molecule has 1 aromatic heterocycles. The van der Waals surface area contributed by atoms with Gasteiger partial charge in [-0.05, 0) is 100 Å². The third kappa shape index (κ3) is 8.06. The van der Waals surface area contributed by atoms with E-state index in [4.69, 9.17) is 4.98 Å². The van der Waals surface area contributed by atoms with E-state index in [2.05, 4.69) is 176 Å². The molecule has 0 aliphatic heterocycles. The Labute approximate surface area is 285 Å². The zero-order chi connectivity index (χ0) is 32.4. The van der Waals surface area contributed by atoms with Crippen LogP contribution in [0.5, 0.6) is 0 Å². The van der Waals surface area contributed by atoms with E-state index in [-0.39, 0.29) is 0 Å². The predicted molar refractivity (Wildman–Crippen MR) is 202 cm³/mol. The fourth-order valence-corrected chi connectivity index (χ4v) is 6.61. The number of rotatable bonds is 12. The standard InChI is InChI=1S/C47H41N/c1-5-13-36(14-6-1)21-23-38-31-39(24-22-37-15-7-2-8-16-37)33-40(32-38)25-26-45-35-48-47(44-19-11-4-12-20-44)34-46(45)43-29-27-42(28-30-43)41-17-9-3-10-18-41/h1-20,27-35H,21-26H2. The van der Waals surface area contributed by atoms with Crippen molar-refractivity contribution >= 4 is 0 Å². The van der Waals surface area contributed by atoms with Gasteiger partial charge in [0.15, 0.2) is 0 Å². The highest BCUT2D eigenvalue weighted by atomic mass is 14.7. The second-order valence-electron chi connectivity index (χ2n) is 12.7. The third-order valence-corrected chi connectivity index (χ3v) is 9.24. The van der Waals surface area contributed by atoms with Crippen LogP contribution in [-0.2, 0) is 38.5 Å². The van der Waals surface area contributed by atoms with Gasteiger partial charge in [-0.15, -0.1) is 0 Å². The summed E-state index contributed by atoms with van der Waals surface area (Å²) >= 11 is 0. The average molecular weight is 620 g/mol. The Morgan fingerprint density at radius 3 is 1.23 bits per heavy atom. The van der Waals surface area contributed by atoms with Crippen molar-refractivity contribution in [3.05, 3.63) is 209 Å². The highest BCUT2D eigenvalue weighted by Gasteiger charge is 2.12. The normalized spacial score (nSPS) is 11.0. The van der Waals surface area contributed by atoms with Crippen LogP contribution in [0.1, 0.15) is 33.4 Å². The van der Waals surface area contributed by atoms with Crippen LogP contribution >= 0.6 is 0 Å². The maximum atomic E-state index is 4.97. The molecule has 6 aromatic carbocycles. The van der Waals surface area contributed by atoms with Crippen LogP contribution in [0, 0.1) is 0 Å². The van der Waals surface area contributed by atoms with Gasteiger partial charge in [0, 0.05) is 11.8 Å². The molecule has 0 amide bonds. The average Bonchev–Trinajstić information content (AvgIpc) is 3.17. The molecule has 7 rings (SSSR count). The van der Waals surface area contributed by atoms with Gasteiger partial charge in [-0.25, -0.2) is 0 Å². The Kier molecular flexibility index (Phi) is 9.96. The van der Waals surface area contributed by atoms with Crippen molar-refractivity contribution in [1.29, 1.82) is 0 Å². The molecule has 0 fully saturated rings. The van der Waals surface area contributed by atoms with Gasteiger partial charge >= 0.3 is 0 Å². The maximum Gasteiger partial charge on any atom is 0.0708 e. The molecule has 48 heavy (non-hydrogen) atoms. The van der Waals surface area contributed by atoms with E-state index in [0.29, 0.717) is 0 Å². The quantitative estimate of drug-likeness (QED) is 0.133. The van der Waals surface area contributed by atoms with Gasteiger partial charge in [0.25, 0.3) is 0 Å². The minimum absolute atomic E-state index is 0.929. The Balaban J connectivity index is 1.17. The molecule has 0 radical (unpaired) electrons. The number of hydrogen-bond acceptors (Lipinski definition) is 1. The lowest BCUT2D eigenvalue weighted by molar-refractivity contribution is 0.901. The van der Waals surface area contributed by atoms with Gasteiger partial charge in [0.05, 0.1) is 5.69 Å². The topological polar surface area (TPSA) is 12.9 Å². The van der Waals surface area contributed by atoms with Gasteiger partial charge < -0.3 is 0 Å². The van der Waals surface area contributed by atoms with Crippen molar-refractivity contribution in [2.45, 2.75) is 38.5 Å². The summed E-state index contributed by atoms with van der Waals surface area (Å²) in [6.07, 6.45) is 8.20. The van der Waals surface area contributed by atoms with Gasteiger partial charge in [-0.1, -0.05) is 164 Å². The zero-order valence-corrected chi connectivity index (χ0v) is 27.4. The lowest BCUT2D eigenvalue weighted by Gasteiger charge is -2.14. The van der Waals surface area contributed by atoms with Gasteiger partial charge in [-0.3, -0.25) is 4.98 Å². The molecule has 1 nitrogen and oxygen atoms in total. The van der Waals surface area contributed by atoms with Crippen LogP contribution in [0.2, 0.25) is 0 Å². The lowest BCUT2D eigenvalue weighted by atomic mass is 9.92. The SMILES string of the molecule is c1ccc(CCc2cc(CCc3ccccc3)cc(CCc3cnc(-c4ccccc4)cc3-c3ccc(-c4ccccc4)cc3)c2)cc1. The van der Waals surface area contributed by atoms with Crippen LogP contribution in [0.15, 0.2) is 176 Å². The Morgan fingerprint density at radius 1 is 0.312 bits per heavy atom. The summed E-state index contributed by atoms with van der Waals surface area (Å²) in [5.74, 6) is 0. The van der Waals surface area contributed by atoms with E-state index >= 15 is 0 Å². The molecule has 1 heterocycles. The van der Waals surface area contributed by atoms with Crippen molar-refractivity contribution in [1.82, 2.24) is 4.98 Å². The minimum Gasteiger partial charge on any atom is -0.256 e. The molecule has 1 heteroatoms. The summed E-state index contributed by atoms with van der Waals surface area (Å²) < 4.78 is 0. The second-order valence-corrected chi connectivity index (χ2v) is 12.7.